The van der Waals surface area contributed by atoms with Gasteiger partial charge in [-0.2, -0.15) is 0 Å². The summed E-state index contributed by atoms with van der Waals surface area (Å²) in [5.74, 6) is 0. The first-order valence-corrected chi connectivity index (χ1v) is 6.76. The van der Waals surface area contributed by atoms with Crippen molar-refractivity contribution >= 4 is 11.3 Å². The van der Waals surface area contributed by atoms with Crippen LogP contribution in [0.2, 0.25) is 0 Å². The number of ether oxygens (including phenoxy) is 1. The summed E-state index contributed by atoms with van der Waals surface area (Å²) in [6.45, 7) is 7.51. The van der Waals surface area contributed by atoms with Gasteiger partial charge in [0.05, 0.1) is 11.6 Å². The summed E-state index contributed by atoms with van der Waals surface area (Å²) in [6.07, 6.45) is 2.32. The molecule has 2 unspecified atom stereocenters. The molecule has 0 amide bonds. The molecule has 0 aliphatic carbocycles. The first-order valence-electron chi connectivity index (χ1n) is 5.95. The smallest absolute Gasteiger partial charge is 0.0849 e. The van der Waals surface area contributed by atoms with Gasteiger partial charge in [-0.25, -0.2) is 0 Å². The van der Waals surface area contributed by atoms with Gasteiger partial charge < -0.3 is 10.1 Å². The highest BCUT2D eigenvalue weighted by Gasteiger charge is 2.39. The van der Waals surface area contributed by atoms with Gasteiger partial charge in [0.1, 0.15) is 0 Å². The van der Waals surface area contributed by atoms with Gasteiger partial charge in [0.15, 0.2) is 0 Å². The lowest BCUT2D eigenvalue weighted by Gasteiger charge is -2.33. The zero-order valence-corrected chi connectivity index (χ0v) is 11.4. The molecular formula is C13H21NOS. The van der Waals surface area contributed by atoms with Crippen LogP contribution in [0.15, 0.2) is 6.07 Å². The molecule has 1 aromatic heterocycles. The van der Waals surface area contributed by atoms with Crippen molar-refractivity contribution in [2.24, 2.45) is 0 Å². The lowest BCUT2D eigenvalue weighted by molar-refractivity contribution is -0.0105. The van der Waals surface area contributed by atoms with E-state index in [4.69, 9.17) is 4.74 Å². The lowest BCUT2D eigenvalue weighted by atomic mass is 9.88. The van der Waals surface area contributed by atoms with E-state index in [-0.39, 0.29) is 5.60 Å². The van der Waals surface area contributed by atoms with E-state index in [9.17, 15) is 0 Å². The fourth-order valence-corrected chi connectivity index (χ4v) is 3.72. The van der Waals surface area contributed by atoms with Gasteiger partial charge in [-0.3, -0.25) is 0 Å². The van der Waals surface area contributed by atoms with Crippen molar-refractivity contribution in [3.8, 4) is 0 Å². The second kappa shape index (κ2) is 4.47. The molecule has 0 saturated carbocycles. The monoisotopic (exact) mass is 239 g/mol. The van der Waals surface area contributed by atoms with Crippen LogP contribution < -0.4 is 5.32 Å². The van der Waals surface area contributed by atoms with E-state index in [1.807, 2.05) is 18.4 Å². The Morgan fingerprint density at radius 1 is 1.50 bits per heavy atom. The van der Waals surface area contributed by atoms with Crippen LogP contribution in [-0.4, -0.2) is 19.3 Å². The van der Waals surface area contributed by atoms with Gasteiger partial charge in [-0.1, -0.05) is 0 Å². The van der Waals surface area contributed by atoms with E-state index in [0.29, 0.717) is 6.04 Å². The van der Waals surface area contributed by atoms with Crippen LogP contribution in [0.5, 0.6) is 0 Å². The Kier molecular flexibility index (Phi) is 3.38. The molecule has 1 N–H and O–H groups in total. The molecule has 2 rings (SSSR count). The quantitative estimate of drug-likeness (QED) is 0.874. The summed E-state index contributed by atoms with van der Waals surface area (Å²) in [5.41, 5.74) is 1.38. The summed E-state index contributed by atoms with van der Waals surface area (Å²) in [6, 6.07) is 2.62. The molecule has 2 heterocycles. The standard InChI is InChI=1S/C13H21NOS/c1-9-8-11(10(2)16-9)12(14-4)13(3)6-5-7-15-13/h8,12,14H,5-7H2,1-4H3. The molecular weight excluding hydrogens is 218 g/mol. The molecule has 1 aliphatic heterocycles. The predicted octanol–water partition coefficient (Wildman–Crippen LogP) is 3.19. The molecule has 2 nitrogen and oxygen atoms in total. The first kappa shape index (κ1) is 12.1. The number of hydrogen-bond acceptors (Lipinski definition) is 3. The lowest BCUT2D eigenvalue weighted by Crippen LogP contribution is -2.39. The summed E-state index contributed by atoms with van der Waals surface area (Å²) in [5, 5.41) is 3.44. The number of likely N-dealkylation sites (N-methyl/N-ethyl adjacent to an activating group) is 1. The zero-order valence-electron chi connectivity index (χ0n) is 10.6. The third-order valence-electron chi connectivity index (χ3n) is 3.54. The first-order chi connectivity index (χ1) is 7.57. The fraction of sp³-hybridized carbons (Fsp3) is 0.692. The average Bonchev–Trinajstić information content (AvgIpc) is 2.76. The van der Waals surface area contributed by atoms with Crippen molar-refractivity contribution in [1.29, 1.82) is 0 Å². The highest BCUT2D eigenvalue weighted by molar-refractivity contribution is 7.12. The Morgan fingerprint density at radius 3 is 2.69 bits per heavy atom. The minimum atomic E-state index is -0.0347. The molecule has 1 aromatic rings. The number of thiophene rings is 1. The van der Waals surface area contributed by atoms with E-state index in [1.165, 1.54) is 21.7 Å². The van der Waals surface area contributed by atoms with Gasteiger partial charge >= 0.3 is 0 Å². The molecule has 16 heavy (non-hydrogen) atoms. The van der Waals surface area contributed by atoms with Crippen LogP contribution in [0.1, 0.15) is 41.1 Å². The minimum Gasteiger partial charge on any atom is -0.373 e. The summed E-state index contributed by atoms with van der Waals surface area (Å²) in [4.78, 5) is 2.79. The molecule has 2 atom stereocenters. The molecule has 90 valence electrons. The number of nitrogens with one attached hydrogen (secondary N) is 1. The highest BCUT2D eigenvalue weighted by Crippen LogP contribution is 2.40. The molecule has 3 heteroatoms. The fourth-order valence-electron chi connectivity index (χ4n) is 2.76. The topological polar surface area (TPSA) is 21.3 Å². The van der Waals surface area contributed by atoms with Crippen LogP contribution in [0.4, 0.5) is 0 Å². The normalized spacial score (nSPS) is 27.2. The van der Waals surface area contributed by atoms with Crippen molar-refractivity contribution < 1.29 is 4.74 Å². The van der Waals surface area contributed by atoms with Crippen LogP contribution in [-0.2, 0) is 4.74 Å². The van der Waals surface area contributed by atoms with Crippen molar-refractivity contribution in [3.05, 3.63) is 21.4 Å². The van der Waals surface area contributed by atoms with Crippen molar-refractivity contribution in [3.63, 3.8) is 0 Å². The maximum atomic E-state index is 5.95. The molecule has 1 fully saturated rings. The van der Waals surface area contributed by atoms with Crippen LogP contribution in [0.3, 0.4) is 0 Å². The second-order valence-corrected chi connectivity index (χ2v) is 6.32. The van der Waals surface area contributed by atoms with E-state index in [2.05, 4.69) is 32.2 Å². The Labute approximate surface area is 102 Å². The Balaban J connectivity index is 2.32. The molecule has 1 aliphatic rings. The third kappa shape index (κ3) is 2.04. The van der Waals surface area contributed by atoms with Crippen molar-refractivity contribution in [2.45, 2.75) is 45.3 Å². The molecule has 1 saturated heterocycles. The molecule has 0 bridgehead atoms. The van der Waals surface area contributed by atoms with Gasteiger partial charge in [0.2, 0.25) is 0 Å². The average molecular weight is 239 g/mol. The molecule has 0 radical (unpaired) electrons. The Morgan fingerprint density at radius 2 is 2.25 bits per heavy atom. The van der Waals surface area contributed by atoms with E-state index in [1.54, 1.807) is 0 Å². The van der Waals surface area contributed by atoms with Crippen molar-refractivity contribution in [2.75, 3.05) is 13.7 Å². The van der Waals surface area contributed by atoms with Crippen molar-refractivity contribution in [1.82, 2.24) is 5.32 Å². The molecule has 0 aromatic carbocycles. The van der Waals surface area contributed by atoms with Crippen LogP contribution in [0, 0.1) is 13.8 Å². The number of rotatable bonds is 3. The Bertz CT molecular complexity index is 366. The third-order valence-corrected chi connectivity index (χ3v) is 4.52. The van der Waals surface area contributed by atoms with E-state index < -0.39 is 0 Å². The Hall–Kier alpha value is -0.380. The van der Waals surface area contributed by atoms with Gasteiger partial charge in [0.25, 0.3) is 0 Å². The largest absolute Gasteiger partial charge is 0.373 e. The zero-order chi connectivity index (χ0) is 11.8. The predicted molar refractivity (Wildman–Crippen MR) is 69.2 cm³/mol. The van der Waals surface area contributed by atoms with E-state index >= 15 is 0 Å². The van der Waals surface area contributed by atoms with E-state index in [0.717, 1.165) is 13.0 Å². The van der Waals surface area contributed by atoms with Gasteiger partial charge in [0, 0.05) is 16.4 Å². The summed E-state index contributed by atoms with van der Waals surface area (Å²) >= 11 is 1.87. The second-order valence-electron chi connectivity index (χ2n) is 4.85. The highest BCUT2D eigenvalue weighted by atomic mass is 32.1. The summed E-state index contributed by atoms with van der Waals surface area (Å²) < 4.78 is 5.95. The van der Waals surface area contributed by atoms with Crippen LogP contribution >= 0.6 is 11.3 Å². The maximum Gasteiger partial charge on any atom is 0.0849 e. The number of aryl methyl sites for hydroxylation is 2. The van der Waals surface area contributed by atoms with Crippen LogP contribution in [0.25, 0.3) is 0 Å². The summed E-state index contributed by atoms with van der Waals surface area (Å²) in [7, 11) is 2.03. The minimum absolute atomic E-state index is 0.0347. The SMILES string of the molecule is CNC(c1cc(C)sc1C)C1(C)CCCO1. The maximum absolute atomic E-state index is 5.95. The van der Waals surface area contributed by atoms with Gasteiger partial charge in [-0.05, 0) is 52.3 Å². The number of hydrogen-bond donors (Lipinski definition) is 1. The molecule has 0 spiro atoms. The van der Waals surface area contributed by atoms with Gasteiger partial charge in [-0.15, -0.1) is 11.3 Å².